The molecule has 1 atom stereocenters. The van der Waals surface area contributed by atoms with Crippen molar-refractivity contribution in [2.45, 2.75) is 36.4 Å². The Balaban J connectivity index is 1.39. The summed E-state index contributed by atoms with van der Waals surface area (Å²) in [5.74, 6) is 0.384. The number of rotatable bonds is 4. The zero-order valence-electron chi connectivity index (χ0n) is 15.8. The van der Waals surface area contributed by atoms with Crippen LogP contribution in [0.5, 0.6) is 0 Å². The number of benzene rings is 1. The number of hydrogen-bond donors (Lipinski definition) is 3. The molecule has 2 fully saturated rings. The molecule has 0 unspecified atom stereocenters. The Labute approximate surface area is 167 Å². The van der Waals surface area contributed by atoms with Gasteiger partial charge in [-0.3, -0.25) is 9.89 Å². The van der Waals surface area contributed by atoms with Crippen LogP contribution < -0.4 is 10.9 Å². The molecule has 3 aromatic rings. The topological polar surface area (TPSA) is 120 Å². The third kappa shape index (κ3) is 3.22. The minimum atomic E-state index is -3.60. The Bertz CT molecular complexity index is 1230. The van der Waals surface area contributed by atoms with E-state index in [2.05, 4.69) is 20.5 Å². The van der Waals surface area contributed by atoms with Gasteiger partial charge in [0.25, 0.3) is 5.56 Å². The van der Waals surface area contributed by atoms with Crippen LogP contribution >= 0.6 is 0 Å². The number of hydrogen-bond acceptors (Lipinski definition) is 6. The van der Waals surface area contributed by atoms with Gasteiger partial charge in [0.2, 0.25) is 10.0 Å². The van der Waals surface area contributed by atoms with Crippen LogP contribution in [-0.2, 0) is 14.8 Å². The summed E-state index contributed by atoms with van der Waals surface area (Å²) in [6, 6.07) is 8.19. The van der Waals surface area contributed by atoms with E-state index < -0.39 is 10.0 Å². The molecule has 29 heavy (non-hydrogen) atoms. The molecule has 0 radical (unpaired) electrons. The SMILES string of the molecule is C[C@H]1CN(S(=O)(=O)c2ccc(Nc3n[nH]c4cc[nH]c(=O)c34)cc2)CC2(CC2)O1. The van der Waals surface area contributed by atoms with E-state index >= 15 is 0 Å². The van der Waals surface area contributed by atoms with Crippen molar-refractivity contribution in [3.8, 4) is 0 Å². The normalized spacial score (nSPS) is 21.5. The van der Waals surface area contributed by atoms with Gasteiger partial charge in [-0.1, -0.05) is 0 Å². The highest BCUT2D eigenvalue weighted by atomic mass is 32.2. The number of anilines is 2. The van der Waals surface area contributed by atoms with E-state index in [0.29, 0.717) is 35.5 Å². The molecule has 2 aliphatic rings. The Kier molecular flexibility index (Phi) is 4.05. The van der Waals surface area contributed by atoms with Crippen molar-refractivity contribution < 1.29 is 13.2 Å². The number of fused-ring (bicyclic) bond motifs is 1. The lowest BCUT2D eigenvalue weighted by Gasteiger charge is -2.36. The summed E-state index contributed by atoms with van der Waals surface area (Å²) in [6.07, 6.45) is 3.24. The van der Waals surface area contributed by atoms with Crippen LogP contribution in [-0.4, -0.2) is 52.7 Å². The number of nitrogens with zero attached hydrogens (tertiary/aromatic N) is 2. The summed E-state index contributed by atoms with van der Waals surface area (Å²) in [5, 5.41) is 10.4. The molecule has 0 amide bonds. The molecule has 2 aromatic heterocycles. The Morgan fingerprint density at radius 3 is 2.72 bits per heavy atom. The first-order valence-electron chi connectivity index (χ1n) is 9.47. The maximum Gasteiger partial charge on any atom is 0.261 e. The van der Waals surface area contributed by atoms with Gasteiger partial charge in [-0.2, -0.15) is 9.40 Å². The maximum atomic E-state index is 13.1. The largest absolute Gasteiger partial charge is 0.369 e. The van der Waals surface area contributed by atoms with E-state index in [9.17, 15) is 13.2 Å². The molecular formula is C19H21N5O4S. The predicted octanol–water partition coefficient (Wildman–Crippen LogP) is 1.94. The fourth-order valence-corrected chi connectivity index (χ4v) is 5.43. The van der Waals surface area contributed by atoms with Crippen LogP contribution in [0.3, 0.4) is 0 Å². The monoisotopic (exact) mass is 415 g/mol. The van der Waals surface area contributed by atoms with E-state index in [4.69, 9.17) is 4.74 Å². The number of aromatic amines is 2. The summed E-state index contributed by atoms with van der Waals surface area (Å²) in [4.78, 5) is 14.9. The molecule has 1 saturated carbocycles. The average Bonchev–Trinajstić information content (AvgIpc) is 3.29. The first-order valence-corrected chi connectivity index (χ1v) is 10.9. The minimum absolute atomic E-state index is 0.118. The molecule has 3 heterocycles. The van der Waals surface area contributed by atoms with Gasteiger partial charge in [0.05, 0.1) is 22.1 Å². The molecule has 1 aromatic carbocycles. The number of pyridine rings is 1. The van der Waals surface area contributed by atoms with Crippen molar-refractivity contribution in [1.29, 1.82) is 0 Å². The van der Waals surface area contributed by atoms with Crippen molar-refractivity contribution in [3.05, 3.63) is 46.9 Å². The summed E-state index contributed by atoms with van der Waals surface area (Å²) in [6.45, 7) is 2.67. The average molecular weight is 415 g/mol. The van der Waals surface area contributed by atoms with Gasteiger partial charge >= 0.3 is 0 Å². The lowest BCUT2D eigenvalue weighted by atomic mass is 10.2. The standard InChI is InChI=1S/C19H21N5O4S/c1-12-10-24(11-19(28-12)7-8-19)29(26,27)14-4-2-13(3-5-14)21-17-16-15(22-23-17)6-9-20-18(16)25/h2-6,9,12H,7-8,10-11H2,1H3,(H,20,25)(H2,21,22,23)/t12-/m0/s1. The predicted molar refractivity (Wildman–Crippen MR) is 108 cm³/mol. The number of H-pyrrole nitrogens is 2. The second kappa shape index (κ2) is 6.41. The summed E-state index contributed by atoms with van der Waals surface area (Å²) in [5.41, 5.74) is 0.703. The molecule has 9 nitrogen and oxygen atoms in total. The van der Waals surface area contributed by atoms with E-state index in [1.807, 2.05) is 6.92 Å². The molecule has 152 valence electrons. The van der Waals surface area contributed by atoms with Crippen molar-refractivity contribution >= 4 is 32.4 Å². The Hall–Kier alpha value is -2.69. The fourth-order valence-electron chi connectivity index (χ4n) is 3.84. The van der Waals surface area contributed by atoms with Crippen molar-refractivity contribution in [1.82, 2.24) is 19.5 Å². The van der Waals surface area contributed by atoms with Crippen LogP contribution in [0, 0.1) is 0 Å². The van der Waals surface area contributed by atoms with E-state index in [1.54, 1.807) is 36.5 Å². The molecule has 1 aliphatic heterocycles. The number of sulfonamides is 1. The van der Waals surface area contributed by atoms with E-state index in [-0.39, 0.29) is 22.2 Å². The minimum Gasteiger partial charge on any atom is -0.369 e. The fraction of sp³-hybridized carbons (Fsp3) is 0.368. The Morgan fingerprint density at radius 2 is 2.00 bits per heavy atom. The molecule has 1 saturated heterocycles. The zero-order valence-corrected chi connectivity index (χ0v) is 16.6. The maximum absolute atomic E-state index is 13.1. The summed E-state index contributed by atoms with van der Waals surface area (Å²) in [7, 11) is -3.60. The van der Waals surface area contributed by atoms with Gasteiger partial charge < -0.3 is 15.0 Å². The van der Waals surface area contributed by atoms with E-state index in [1.165, 1.54) is 4.31 Å². The van der Waals surface area contributed by atoms with Crippen molar-refractivity contribution in [3.63, 3.8) is 0 Å². The molecular weight excluding hydrogens is 394 g/mol. The first kappa shape index (κ1) is 18.3. The van der Waals surface area contributed by atoms with Gasteiger partial charge in [0.1, 0.15) is 5.39 Å². The van der Waals surface area contributed by atoms with Crippen molar-refractivity contribution in [2.24, 2.45) is 0 Å². The highest BCUT2D eigenvalue weighted by Gasteiger charge is 2.51. The van der Waals surface area contributed by atoms with E-state index in [0.717, 1.165) is 12.8 Å². The number of nitrogens with one attached hydrogen (secondary N) is 3. The van der Waals surface area contributed by atoms with Gasteiger partial charge in [0, 0.05) is 25.0 Å². The van der Waals surface area contributed by atoms with Crippen LogP contribution in [0.4, 0.5) is 11.5 Å². The second-order valence-corrected chi connectivity index (χ2v) is 9.66. The summed E-state index contributed by atoms with van der Waals surface area (Å²) < 4.78 is 33.6. The number of aromatic nitrogens is 3. The zero-order chi connectivity index (χ0) is 20.2. The lowest BCUT2D eigenvalue weighted by molar-refractivity contribution is -0.0709. The molecule has 1 aliphatic carbocycles. The molecule has 1 spiro atoms. The smallest absolute Gasteiger partial charge is 0.261 e. The third-order valence-corrected chi connectivity index (χ3v) is 7.25. The van der Waals surface area contributed by atoms with Crippen molar-refractivity contribution in [2.75, 3.05) is 18.4 Å². The number of morpholine rings is 1. The third-order valence-electron chi connectivity index (χ3n) is 5.42. The second-order valence-electron chi connectivity index (χ2n) is 7.73. The van der Waals surface area contributed by atoms with Crippen LogP contribution in [0.15, 0.2) is 46.2 Å². The molecule has 3 N–H and O–H groups in total. The quantitative estimate of drug-likeness (QED) is 0.599. The van der Waals surface area contributed by atoms with Gasteiger partial charge in [-0.05, 0) is 50.1 Å². The van der Waals surface area contributed by atoms with Crippen LogP contribution in [0.2, 0.25) is 0 Å². The lowest BCUT2D eigenvalue weighted by Crippen LogP contribution is -2.50. The first-order chi connectivity index (χ1) is 13.9. The molecule has 0 bridgehead atoms. The van der Waals surface area contributed by atoms with Gasteiger partial charge in [0.15, 0.2) is 5.82 Å². The highest BCUT2D eigenvalue weighted by Crippen LogP contribution is 2.44. The van der Waals surface area contributed by atoms with Crippen LogP contribution in [0.1, 0.15) is 19.8 Å². The van der Waals surface area contributed by atoms with Crippen LogP contribution in [0.25, 0.3) is 10.9 Å². The van der Waals surface area contributed by atoms with Gasteiger partial charge in [-0.15, -0.1) is 0 Å². The number of ether oxygens (including phenoxy) is 1. The Morgan fingerprint density at radius 1 is 1.24 bits per heavy atom. The summed E-state index contributed by atoms with van der Waals surface area (Å²) >= 11 is 0. The molecule has 5 rings (SSSR count). The molecule has 10 heteroatoms. The van der Waals surface area contributed by atoms with Gasteiger partial charge in [-0.25, -0.2) is 8.42 Å². The highest BCUT2D eigenvalue weighted by molar-refractivity contribution is 7.89.